The van der Waals surface area contributed by atoms with Gasteiger partial charge in [-0.1, -0.05) is 48.5 Å². The van der Waals surface area contributed by atoms with Crippen LogP contribution >= 0.6 is 11.8 Å². The molecule has 28 heavy (non-hydrogen) atoms. The van der Waals surface area contributed by atoms with Crippen molar-refractivity contribution in [3.05, 3.63) is 101 Å². The zero-order chi connectivity index (χ0) is 19.8. The summed E-state index contributed by atoms with van der Waals surface area (Å²) in [6.07, 6.45) is 1.33. The number of carboxylic acids is 1. The molecule has 3 rings (SSSR count). The average Bonchev–Trinajstić information content (AvgIpc) is 2.73. The van der Waals surface area contributed by atoms with Crippen LogP contribution in [0.15, 0.2) is 88.9 Å². The first kappa shape index (κ1) is 19.4. The molecule has 3 aromatic rings. The van der Waals surface area contributed by atoms with Crippen molar-refractivity contribution < 1.29 is 14.7 Å². The summed E-state index contributed by atoms with van der Waals surface area (Å²) in [7, 11) is 0. The number of nitrogens with one attached hydrogen (secondary N) is 1. The van der Waals surface area contributed by atoms with Gasteiger partial charge in [-0.05, 0) is 35.9 Å². The van der Waals surface area contributed by atoms with Crippen LogP contribution in [0.3, 0.4) is 0 Å². The van der Waals surface area contributed by atoms with Crippen molar-refractivity contribution in [1.29, 1.82) is 0 Å². The molecule has 0 radical (unpaired) electrons. The smallest absolute Gasteiger partial charge is 0.336 e. The molecule has 0 aliphatic heterocycles. The van der Waals surface area contributed by atoms with Gasteiger partial charge in [-0.15, -0.1) is 11.8 Å². The number of carbonyl (C=O) groups excluding carboxylic acids is 1. The Labute approximate surface area is 167 Å². The molecule has 0 bridgehead atoms. The van der Waals surface area contributed by atoms with Gasteiger partial charge in [0, 0.05) is 21.8 Å². The lowest BCUT2D eigenvalue weighted by Gasteiger charge is -2.04. The summed E-state index contributed by atoms with van der Waals surface area (Å²) in [4.78, 5) is 24.6. The van der Waals surface area contributed by atoms with E-state index in [0.717, 1.165) is 11.3 Å². The van der Waals surface area contributed by atoms with Crippen molar-refractivity contribution in [2.24, 2.45) is 5.10 Å². The van der Waals surface area contributed by atoms with Crippen LogP contribution in [0.1, 0.15) is 31.8 Å². The van der Waals surface area contributed by atoms with Crippen molar-refractivity contribution in [1.82, 2.24) is 5.43 Å². The number of hydrogen-bond donors (Lipinski definition) is 2. The molecule has 2 N–H and O–H groups in total. The molecule has 0 heterocycles. The molecule has 6 heteroatoms. The minimum absolute atomic E-state index is 0.126. The lowest BCUT2D eigenvalue weighted by atomic mass is 10.1. The molecule has 3 aromatic carbocycles. The number of thioether (sulfide) groups is 1. The zero-order valence-corrected chi connectivity index (χ0v) is 15.7. The summed E-state index contributed by atoms with van der Waals surface area (Å²) in [6, 6.07) is 23.9. The van der Waals surface area contributed by atoms with E-state index in [1.807, 2.05) is 30.3 Å². The molecule has 0 aliphatic rings. The SMILES string of the molecule is O=C(N/N=C\c1ccccc1C(=O)O)c1ccc(CSc2ccccc2)cc1. The Morgan fingerprint density at radius 2 is 1.61 bits per heavy atom. The fourth-order valence-electron chi connectivity index (χ4n) is 2.47. The lowest BCUT2D eigenvalue weighted by Crippen LogP contribution is -2.17. The van der Waals surface area contributed by atoms with E-state index in [1.54, 1.807) is 42.1 Å². The van der Waals surface area contributed by atoms with E-state index in [4.69, 9.17) is 5.11 Å². The highest BCUT2D eigenvalue weighted by molar-refractivity contribution is 7.98. The Kier molecular flexibility index (Phi) is 6.59. The summed E-state index contributed by atoms with van der Waals surface area (Å²) < 4.78 is 0. The first-order valence-corrected chi connectivity index (χ1v) is 9.54. The van der Waals surface area contributed by atoms with Crippen molar-refractivity contribution in [2.45, 2.75) is 10.6 Å². The largest absolute Gasteiger partial charge is 0.478 e. The predicted molar refractivity (Wildman–Crippen MR) is 111 cm³/mol. The van der Waals surface area contributed by atoms with E-state index in [0.29, 0.717) is 11.1 Å². The topological polar surface area (TPSA) is 78.8 Å². The molecule has 1 amide bonds. The third kappa shape index (κ3) is 5.31. The number of carboxylic acid groups (broad SMARTS) is 1. The molecule has 0 aliphatic carbocycles. The van der Waals surface area contributed by atoms with Gasteiger partial charge in [-0.25, -0.2) is 10.2 Å². The second kappa shape index (κ2) is 9.53. The number of benzene rings is 3. The van der Waals surface area contributed by atoms with Crippen LogP contribution in [0.25, 0.3) is 0 Å². The highest BCUT2D eigenvalue weighted by Crippen LogP contribution is 2.22. The van der Waals surface area contributed by atoms with E-state index in [2.05, 4.69) is 22.7 Å². The Hall–Kier alpha value is -3.38. The quantitative estimate of drug-likeness (QED) is 0.355. The molecule has 0 spiro atoms. The number of aromatic carboxylic acids is 1. The normalized spacial score (nSPS) is 10.7. The van der Waals surface area contributed by atoms with Gasteiger partial charge < -0.3 is 5.11 Å². The first-order valence-electron chi connectivity index (χ1n) is 8.56. The standard InChI is InChI=1S/C22H18N2O3S/c25-21(24-23-14-18-6-4-5-9-20(18)22(26)27)17-12-10-16(11-13-17)15-28-19-7-2-1-3-8-19/h1-14H,15H2,(H,24,25)(H,26,27)/b23-14-. The summed E-state index contributed by atoms with van der Waals surface area (Å²) in [5.41, 5.74) is 4.57. The number of rotatable bonds is 7. The van der Waals surface area contributed by atoms with Gasteiger partial charge in [-0.2, -0.15) is 5.10 Å². The van der Waals surface area contributed by atoms with E-state index in [-0.39, 0.29) is 11.5 Å². The maximum Gasteiger partial charge on any atom is 0.336 e. The Morgan fingerprint density at radius 3 is 2.32 bits per heavy atom. The predicted octanol–water partition coefficient (Wildman–Crippen LogP) is 4.44. The van der Waals surface area contributed by atoms with Crippen LogP contribution in [-0.4, -0.2) is 23.2 Å². The van der Waals surface area contributed by atoms with Crippen LogP contribution < -0.4 is 5.43 Å². The van der Waals surface area contributed by atoms with Gasteiger partial charge in [0.15, 0.2) is 0 Å². The van der Waals surface area contributed by atoms with Crippen LogP contribution in [0.5, 0.6) is 0 Å². The molecule has 140 valence electrons. The van der Waals surface area contributed by atoms with E-state index in [9.17, 15) is 9.59 Å². The van der Waals surface area contributed by atoms with Gasteiger partial charge in [0.2, 0.25) is 0 Å². The molecule has 0 unspecified atom stereocenters. The fourth-order valence-corrected chi connectivity index (χ4v) is 3.34. The Bertz CT molecular complexity index is 986. The number of amides is 1. The number of nitrogens with zero attached hydrogens (tertiary/aromatic N) is 1. The number of carbonyl (C=O) groups is 2. The summed E-state index contributed by atoms with van der Waals surface area (Å²) in [5.74, 6) is -0.584. The van der Waals surface area contributed by atoms with Gasteiger partial charge in [-0.3, -0.25) is 4.79 Å². The minimum Gasteiger partial charge on any atom is -0.478 e. The molecule has 0 saturated carbocycles. The van der Waals surface area contributed by atoms with Crippen LogP contribution in [0.2, 0.25) is 0 Å². The number of hydrogen-bond acceptors (Lipinski definition) is 4. The molecule has 0 atom stereocenters. The van der Waals surface area contributed by atoms with Crippen molar-refractivity contribution in [3.63, 3.8) is 0 Å². The van der Waals surface area contributed by atoms with Gasteiger partial charge >= 0.3 is 5.97 Å². The van der Waals surface area contributed by atoms with Gasteiger partial charge in [0.05, 0.1) is 11.8 Å². The van der Waals surface area contributed by atoms with Crippen LogP contribution in [0.4, 0.5) is 0 Å². The summed E-state index contributed by atoms with van der Waals surface area (Å²) in [5, 5.41) is 13.0. The van der Waals surface area contributed by atoms with Crippen molar-refractivity contribution in [3.8, 4) is 0 Å². The average molecular weight is 390 g/mol. The molecule has 0 fully saturated rings. The third-order valence-electron chi connectivity index (χ3n) is 3.93. The molecular weight excluding hydrogens is 372 g/mol. The first-order chi connectivity index (χ1) is 13.6. The molecular formula is C22H18N2O3S. The second-order valence-electron chi connectivity index (χ2n) is 5.89. The molecule has 0 saturated heterocycles. The molecule has 0 aromatic heterocycles. The lowest BCUT2D eigenvalue weighted by molar-refractivity contribution is 0.0696. The maximum atomic E-state index is 12.2. The van der Waals surface area contributed by atoms with Crippen LogP contribution in [0, 0.1) is 0 Å². The fraction of sp³-hybridized carbons (Fsp3) is 0.0455. The van der Waals surface area contributed by atoms with Gasteiger partial charge in [0.1, 0.15) is 0 Å². The van der Waals surface area contributed by atoms with Crippen LogP contribution in [-0.2, 0) is 5.75 Å². The van der Waals surface area contributed by atoms with Crippen molar-refractivity contribution in [2.75, 3.05) is 0 Å². The Morgan fingerprint density at radius 1 is 0.929 bits per heavy atom. The second-order valence-corrected chi connectivity index (χ2v) is 6.94. The number of hydrazone groups is 1. The van der Waals surface area contributed by atoms with Crippen molar-refractivity contribution >= 4 is 29.9 Å². The minimum atomic E-state index is -1.04. The highest BCUT2D eigenvalue weighted by atomic mass is 32.2. The Balaban J connectivity index is 1.57. The zero-order valence-electron chi connectivity index (χ0n) is 14.9. The monoisotopic (exact) mass is 390 g/mol. The maximum absolute atomic E-state index is 12.2. The third-order valence-corrected chi connectivity index (χ3v) is 5.01. The van der Waals surface area contributed by atoms with E-state index in [1.165, 1.54) is 17.2 Å². The summed E-state index contributed by atoms with van der Waals surface area (Å²) in [6.45, 7) is 0. The van der Waals surface area contributed by atoms with Gasteiger partial charge in [0.25, 0.3) is 5.91 Å². The molecule has 5 nitrogen and oxygen atoms in total. The van der Waals surface area contributed by atoms with E-state index < -0.39 is 5.97 Å². The highest BCUT2D eigenvalue weighted by Gasteiger charge is 2.08. The summed E-state index contributed by atoms with van der Waals surface area (Å²) >= 11 is 1.73. The van der Waals surface area contributed by atoms with E-state index >= 15 is 0 Å².